The average Bonchev–Trinajstić information content (AvgIpc) is 2.50. The third-order valence-corrected chi connectivity index (χ3v) is 2.94. The summed E-state index contributed by atoms with van der Waals surface area (Å²) in [6.07, 6.45) is 5.15. The van der Waals surface area contributed by atoms with Gasteiger partial charge in [-0.1, -0.05) is 13.3 Å². The van der Waals surface area contributed by atoms with Gasteiger partial charge in [-0.2, -0.15) is 0 Å². The zero-order valence-corrected chi connectivity index (χ0v) is 9.09. The number of nitrogens with zero attached hydrogens (tertiary/aromatic N) is 1. The fraction of sp³-hybridized carbons (Fsp3) is 0.909. The third kappa shape index (κ3) is 3.02. The first-order chi connectivity index (χ1) is 6.13. The molecule has 0 heterocycles. The Bertz CT molecular complexity index is 185. The van der Waals surface area contributed by atoms with E-state index in [-0.39, 0.29) is 0 Å². The van der Waals surface area contributed by atoms with Crippen LogP contribution in [0, 0.1) is 11.8 Å². The highest BCUT2D eigenvalue weighted by atomic mass is 14.9. The summed E-state index contributed by atoms with van der Waals surface area (Å²) < 4.78 is 0. The van der Waals surface area contributed by atoms with E-state index in [1.165, 1.54) is 25.7 Å². The minimum atomic E-state index is 0.348. The molecular formula is C11H22N2. The third-order valence-electron chi connectivity index (χ3n) is 2.94. The maximum Gasteiger partial charge on any atom is 0.0971 e. The van der Waals surface area contributed by atoms with E-state index in [1.54, 1.807) is 0 Å². The fourth-order valence-electron chi connectivity index (χ4n) is 2.12. The van der Waals surface area contributed by atoms with Crippen molar-refractivity contribution in [1.82, 2.24) is 0 Å². The van der Waals surface area contributed by atoms with Crippen LogP contribution in [0.4, 0.5) is 0 Å². The van der Waals surface area contributed by atoms with Crippen molar-refractivity contribution in [3.8, 4) is 0 Å². The number of amidine groups is 1. The molecule has 1 aliphatic carbocycles. The van der Waals surface area contributed by atoms with Gasteiger partial charge in [-0.15, -0.1) is 0 Å². The first-order valence-electron chi connectivity index (χ1n) is 5.46. The molecule has 1 saturated carbocycles. The van der Waals surface area contributed by atoms with Gasteiger partial charge < -0.3 is 5.73 Å². The Balaban J connectivity index is 2.46. The molecule has 0 radical (unpaired) electrons. The predicted molar refractivity (Wildman–Crippen MR) is 57.9 cm³/mol. The Morgan fingerprint density at radius 2 is 2.15 bits per heavy atom. The zero-order chi connectivity index (χ0) is 9.84. The van der Waals surface area contributed by atoms with Crippen LogP contribution >= 0.6 is 0 Å². The van der Waals surface area contributed by atoms with Gasteiger partial charge in [0.25, 0.3) is 0 Å². The second-order valence-electron chi connectivity index (χ2n) is 4.43. The van der Waals surface area contributed by atoms with E-state index in [4.69, 9.17) is 5.73 Å². The van der Waals surface area contributed by atoms with Crippen molar-refractivity contribution >= 4 is 5.84 Å². The number of aliphatic imine (C=N–C) groups is 1. The van der Waals surface area contributed by atoms with Crippen molar-refractivity contribution in [1.29, 1.82) is 0 Å². The van der Waals surface area contributed by atoms with Crippen LogP contribution in [0.3, 0.4) is 0 Å². The van der Waals surface area contributed by atoms with Crippen molar-refractivity contribution in [3.63, 3.8) is 0 Å². The highest BCUT2D eigenvalue weighted by Crippen LogP contribution is 2.32. The summed E-state index contributed by atoms with van der Waals surface area (Å²) in [5.41, 5.74) is 5.95. The van der Waals surface area contributed by atoms with Crippen LogP contribution in [-0.2, 0) is 0 Å². The summed E-state index contributed by atoms with van der Waals surface area (Å²) >= 11 is 0. The van der Waals surface area contributed by atoms with Crippen LogP contribution in [-0.4, -0.2) is 11.9 Å². The van der Waals surface area contributed by atoms with Crippen LogP contribution in [0.1, 0.15) is 46.5 Å². The molecule has 0 aromatic rings. The van der Waals surface area contributed by atoms with Crippen molar-refractivity contribution < 1.29 is 0 Å². The second kappa shape index (κ2) is 4.64. The van der Waals surface area contributed by atoms with Crippen molar-refractivity contribution in [2.45, 2.75) is 52.5 Å². The van der Waals surface area contributed by atoms with E-state index >= 15 is 0 Å². The highest BCUT2D eigenvalue weighted by Gasteiger charge is 2.25. The summed E-state index contributed by atoms with van der Waals surface area (Å²) in [6, 6.07) is 0.348. The standard InChI is InChI=1S/C11H22N2/c1-4-9-5-6-10(7-9)11(12)13-8(2)3/h8-10H,4-7H2,1-3H3,(H2,12,13). The number of rotatable bonds is 3. The molecule has 0 spiro atoms. The Hall–Kier alpha value is -0.530. The van der Waals surface area contributed by atoms with Gasteiger partial charge in [0.15, 0.2) is 0 Å². The number of hydrogen-bond donors (Lipinski definition) is 1. The lowest BCUT2D eigenvalue weighted by atomic mass is 10.0. The molecule has 0 bridgehead atoms. The van der Waals surface area contributed by atoms with Gasteiger partial charge in [0.05, 0.1) is 5.84 Å². The van der Waals surface area contributed by atoms with E-state index in [2.05, 4.69) is 25.8 Å². The van der Waals surface area contributed by atoms with Gasteiger partial charge in [0.2, 0.25) is 0 Å². The molecule has 0 aromatic heterocycles. The topological polar surface area (TPSA) is 38.4 Å². The van der Waals surface area contributed by atoms with E-state index in [1.807, 2.05) is 0 Å². The molecule has 1 aliphatic rings. The Morgan fingerprint density at radius 1 is 1.46 bits per heavy atom. The largest absolute Gasteiger partial charge is 0.387 e. The lowest BCUT2D eigenvalue weighted by Crippen LogP contribution is -2.23. The molecule has 1 rings (SSSR count). The van der Waals surface area contributed by atoms with Crippen molar-refractivity contribution in [2.75, 3.05) is 0 Å². The molecule has 13 heavy (non-hydrogen) atoms. The second-order valence-corrected chi connectivity index (χ2v) is 4.43. The minimum Gasteiger partial charge on any atom is -0.387 e. The maximum atomic E-state index is 5.95. The van der Waals surface area contributed by atoms with Gasteiger partial charge >= 0.3 is 0 Å². The Labute approximate surface area is 81.6 Å². The number of nitrogens with two attached hydrogens (primary N) is 1. The fourth-order valence-corrected chi connectivity index (χ4v) is 2.12. The lowest BCUT2D eigenvalue weighted by Gasteiger charge is -2.10. The summed E-state index contributed by atoms with van der Waals surface area (Å²) in [7, 11) is 0. The minimum absolute atomic E-state index is 0.348. The van der Waals surface area contributed by atoms with Crippen LogP contribution in [0.5, 0.6) is 0 Å². The van der Waals surface area contributed by atoms with Gasteiger partial charge in [-0.25, -0.2) is 0 Å². The smallest absolute Gasteiger partial charge is 0.0971 e. The van der Waals surface area contributed by atoms with Crippen LogP contribution < -0.4 is 5.73 Å². The van der Waals surface area contributed by atoms with Gasteiger partial charge in [-0.3, -0.25) is 4.99 Å². The normalized spacial score (nSPS) is 30.0. The highest BCUT2D eigenvalue weighted by molar-refractivity contribution is 5.83. The van der Waals surface area contributed by atoms with Gasteiger partial charge in [-0.05, 0) is 39.0 Å². The predicted octanol–water partition coefficient (Wildman–Crippen LogP) is 2.58. The average molecular weight is 182 g/mol. The molecule has 0 aromatic carbocycles. The molecule has 2 N–H and O–H groups in total. The van der Waals surface area contributed by atoms with Crippen molar-refractivity contribution in [2.24, 2.45) is 22.6 Å². The molecule has 76 valence electrons. The van der Waals surface area contributed by atoms with Crippen LogP contribution in [0.25, 0.3) is 0 Å². The monoisotopic (exact) mass is 182 g/mol. The number of hydrogen-bond acceptors (Lipinski definition) is 1. The molecule has 2 nitrogen and oxygen atoms in total. The molecule has 2 heteroatoms. The van der Waals surface area contributed by atoms with E-state index < -0.39 is 0 Å². The quantitative estimate of drug-likeness (QED) is 0.528. The van der Waals surface area contributed by atoms with Gasteiger partial charge in [0.1, 0.15) is 0 Å². The van der Waals surface area contributed by atoms with E-state index in [0.717, 1.165) is 11.8 Å². The maximum absolute atomic E-state index is 5.95. The van der Waals surface area contributed by atoms with Crippen LogP contribution in [0.15, 0.2) is 4.99 Å². The summed E-state index contributed by atoms with van der Waals surface area (Å²) in [4.78, 5) is 4.42. The SMILES string of the molecule is CCC1CCC(C(N)=NC(C)C)C1. The van der Waals surface area contributed by atoms with Gasteiger partial charge in [0, 0.05) is 12.0 Å². The van der Waals surface area contributed by atoms with E-state index in [9.17, 15) is 0 Å². The molecular weight excluding hydrogens is 160 g/mol. The molecule has 0 aliphatic heterocycles. The molecule has 2 atom stereocenters. The molecule has 2 unspecified atom stereocenters. The van der Waals surface area contributed by atoms with E-state index in [0.29, 0.717) is 12.0 Å². The summed E-state index contributed by atoms with van der Waals surface area (Å²) in [6.45, 7) is 6.43. The lowest BCUT2D eigenvalue weighted by molar-refractivity contribution is 0.519. The summed E-state index contributed by atoms with van der Waals surface area (Å²) in [5, 5.41) is 0. The zero-order valence-electron chi connectivity index (χ0n) is 9.09. The Kier molecular flexibility index (Phi) is 3.76. The molecule has 0 amide bonds. The first kappa shape index (κ1) is 10.6. The molecule has 1 fully saturated rings. The summed E-state index contributed by atoms with van der Waals surface area (Å²) in [5.74, 6) is 2.37. The van der Waals surface area contributed by atoms with Crippen molar-refractivity contribution in [3.05, 3.63) is 0 Å². The van der Waals surface area contributed by atoms with Crippen LogP contribution in [0.2, 0.25) is 0 Å². The molecule has 0 saturated heterocycles. The Morgan fingerprint density at radius 3 is 2.62 bits per heavy atom. The first-order valence-corrected chi connectivity index (χ1v) is 5.46.